The molecular weight excluding hydrogens is 282 g/mol. The van der Waals surface area contributed by atoms with Crippen LogP contribution in [0.5, 0.6) is 0 Å². The Bertz CT molecular complexity index is 609. The zero-order valence-electron chi connectivity index (χ0n) is 11.6. The number of carbonyl (C=O) groups is 2. The van der Waals surface area contributed by atoms with Crippen LogP contribution in [0.15, 0.2) is 73.3 Å². The minimum atomic E-state index is -0.708. The highest BCUT2D eigenvalue weighted by molar-refractivity contribution is 5.92. The lowest BCUT2D eigenvalue weighted by molar-refractivity contribution is -0.187. The Labute approximate surface area is 128 Å². The Morgan fingerprint density at radius 3 is 1.45 bits per heavy atom. The van der Waals surface area contributed by atoms with E-state index in [1.807, 2.05) is 0 Å². The van der Waals surface area contributed by atoms with Crippen molar-refractivity contribution in [3.63, 3.8) is 0 Å². The smallest absolute Gasteiger partial charge is 0.242 e. The first kappa shape index (κ1) is 16.7. The summed E-state index contributed by atoms with van der Waals surface area (Å²) in [5, 5.41) is 7.51. The predicted octanol–water partition coefficient (Wildman–Crippen LogP) is 3.31. The number of benzene rings is 2. The maximum atomic E-state index is 11.5. The number of nitrogens with zero attached hydrogens (tertiary/aromatic N) is 1. The molecule has 0 aromatic heterocycles. The molecule has 0 aliphatic heterocycles. The van der Waals surface area contributed by atoms with Gasteiger partial charge in [-0.3, -0.25) is 0 Å². The van der Waals surface area contributed by atoms with Gasteiger partial charge in [-0.15, -0.1) is 0 Å². The second-order valence-corrected chi connectivity index (χ2v) is 3.81. The molecule has 0 aliphatic rings. The largest absolute Gasteiger partial charge is 0.386 e. The number of rotatable bonds is 2. The van der Waals surface area contributed by atoms with Gasteiger partial charge >= 0.3 is 11.9 Å². The minimum absolute atomic E-state index is 0.318. The Hall–Kier alpha value is -3.39. The first-order chi connectivity index (χ1) is 10.7. The molecule has 22 heavy (non-hydrogen) atoms. The lowest BCUT2D eigenvalue weighted by atomic mass is 10.2. The van der Waals surface area contributed by atoms with E-state index < -0.39 is 11.9 Å². The molecule has 2 aromatic rings. The van der Waals surface area contributed by atoms with E-state index >= 15 is 0 Å². The molecule has 5 heteroatoms. The Morgan fingerprint density at radius 2 is 1.18 bits per heavy atom. The van der Waals surface area contributed by atoms with E-state index in [9.17, 15) is 9.59 Å². The van der Waals surface area contributed by atoms with E-state index in [1.165, 1.54) is 6.08 Å². The van der Waals surface area contributed by atoms with Gasteiger partial charge in [0.1, 0.15) is 0 Å². The standard InChI is InChI=1S/C14H10O4.C3H3N/c15-13(11-7-3-1-4-8-11)17-18-14(16)12-9-5-2-6-10-12;1-2-3-4/h1-10H;2H,1H2. The molecule has 0 saturated carbocycles. The lowest BCUT2D eigenvalue weighted by Gasteiger charge is -2.02. The third kappa shape index (κ3) is 5.72. The van der Waals surface area contributed by atoms with Gasteiger partial charge in [-0.1, -0.05) is 43.0 Å². The molecule has 5 nitrogen and oxygen atoms in total. The summed E-state index contributed by atoms with van der Waals surface area (Å²) in [6.07, 6.45) is 1.18. The summed E-state index contributed by atoms with van der Waals surface area (Å²) in [6.45, 7) is 3.12. The maximum Gasteiger partial charge on any atom is 0.386 e. The molecular formula is C17H13NO4. The van der Waals surface area contributed by atoms with Gasteiger partial charge in [-0.05, 0) is 24.3 Å². The predicted molar refractivity (Wildman–Crippen MR) is 79.5 cm³/mol. The molecule has 0 saturated heterocycles. The Morgan fingerprint density at radius 1 is 0.864 bits per heavy atom. The highest BCUT2D eigenvalue weighted by Crippen LogP contribution is 2.05. The Kier molecular flexibility index (Phi) is 7.20. The summed E-state index contributed by atoms with van der Waals surface area (Å²) in [5.41, 5.74) is 0.636. The molecule has 2 aromatic carbocycles. The first-order valence-corrected chi connectivity index (χ1v) is 6.23. The highest BCUT2D eigenvalue weighted by atomic mass is 17.2. The molecule has 0 amide bonds. The second-order valence-electron chi connectivity index (χ2n) is 3.81. The van der Waals surface area contributed by atoms with Crippen LogP contribution in [-0.2, 0) is 9.78 Å². The van der Waals surface area contributed by atoms with Crippen LogP contribution in [0.2, 0.25) is 0 Å². The molecule has 0 aliphatic carbocycles. The topological polar surface area (TPSA) is 76.4 Å². The van der Waals surface area contributed by atoms with Gasteiger partial charge in [0.2, 0.25) is 0 Å². The van der Waals surface area contributed by atoms with Crippen molar-refractivity contribution in [2.45, 2.75) is 0 Å². The number of hydrogen-bond acceptors (Lipinski definition) is 5. The van der Waals surface area contributed by atoms with Crippen molar-refractivity contribution in [3.05, 3.63) is 84.4 Å². The number of allylic oxidation sites excluding steroid dienone is 1. The summed E-state index contributed by atoms with van der Waals surface area (Å²) in [4.78, 5) is 31.9. The summed E-state index contributed by atoms with van der Waals surface area (Å²) < 4.78 is 0. The quantitative estimate of drug-likeness (QED) is 0.482. The highest BCUT2D eigenvalue weighted by Gasteiger charge is 2.12. The van der Waals surface area contributed by atoms with Crippen molar-refractivity contribution in [2.24, 2.45) is 0 Å². The van der Waals surface area contributed by atoms with Gasteiger partial charge < -0.3 is 0 Å². The summed E-state index contributed by atoms with van der Waals surface area (Å²) in [7, 11) is 0. The van der Waals surface area contributed by atoms with Crippen LogP contribution in [0.4, 0.5) is 0 Å². The van der Waals surface area contributed by atoms with E-state index in [2.05, 4.69) is 16.4 Å². The van der Waals surface area contributed by atoms with E-state index in [1.54, 1.807) is 66.7 Å². The lowest BCUT2D eigenvalue weighted by Crippen LogP contribution is -2.11. The van der Waals surface area contributed by atoms with Gasteiger partial charge in [0, 0.05) is 6.08 Å². The zero-order chi connectivity index (χ0) is 16.2. The molecule has 0 bridgehead atoms. The Balaban J connectivity index is 0.000000541. The first-order valence-electron chi connectivity index (χ1n) is 6.23. The molecule has 0 N–H and O–H groups in total. The van der Waals surface area contributed by atoms with Gasteiger partial charge in [-0.2, -0.15) is 5.26 Å². The third-order valence-electron chi connectivity index (χ3n) is 2.30. The van der Waals surface area contributed by atoms with Gasteiger partial charge in [0.15, 0.2) is 0 Å². The van der Waals surface area contributed by atoms with Crippen molar-refractivity contribution in [1.29, 1.82) is 5.26 Å². The van der Waals surface area contributed by atoms with Crippen molar-refractivity contribution < 1.29 is 19.4 Å². The second kappa shape index (κ2) is 9.50. The van der Waals surface area contributed by atoms with Gasteiger partial charge in [0.25, 0.3) is 0 Å². The fraction of sp³-hybridized carbons (Fsp3) is 0. The van der Waals surface area contributed by atoms with Crippen LogP contribution in [0.25, 0.3) is 0 Å². The van der Waals surface area contributed by atoms with Crippen molar-refractivity contribution in [3.8, 4) is 6.07 Å². The molecule has 0 spiro atoms. The fourth-order valence-corrected chi connectivity index (χ4v) is 1.32. The van der Waals surface area contributed by atoms with E-state index in [0.29, 0.717) is 11.1 Å². The van der Waals surface area contributed by atoms with Crippen molar-refractivity contribution in [2.75, 3.05) is 0 Å². The molecule has 2 rings (SSSR count). The summed E-state index contributed by atoms with van der Waals surface area (Å²) in [5.74, 6) is -1.42. The van der Waals surface area contributed by atoms with Crippen LogP contribution in [-0.4, -0.2) is 11.9 Å². The van der Waals surface area contributed by atoms with Crippen molar-refractivity contribution >= 4 is 11.9 Å². The average Bonchev–Trinajstić information content (AvgIpc) is 2.61. The molecule has 0 unspecified atom stereocenters. The maximum absolute atomic E-state index is 11.5. The molecule has 110 valence electrons. The van der Waals surface area contributed by atoms with Crippen LogP contribution >= 0.6 is 0 Å². The summed E-state index contributed by atoms with van der Waals surface area (Å²) in [6, 6.07) is 18.3. The normalized spacial score (nSPS) is 8.50. The van der Waals surface area contributed by atoms with E-state index in [4.69, 9.17) is 5.26 Å². The molecule has 0 fully saturated rings. The SMILES string of the molecule is C=CC#N.O=C(OOC(=O)c1ccccc1)c1ccccc1. The zero-order valence-corrected chi connectivity index (χ0v) is 11.6. The number of nitriles is 1. The van der Waals surface area contributed by atoms with Crippen LogP contribution in [0.3, 0.4) is 0 Å². The van der Waals surface area contributed by atoms with Crippen LogP contribution in [0.1, 0.15) is 20.7 Å². The minimum Gasteiger partial charge on any atom is -0.242 e. The van der Waals surface area contributed by atoms with Crippen molar-refractivity contribution in [1.82, 2.24) is 0 Å². The third-order valence-corrected chi connectivity index (χ3v) is 2.30. The molecule has 0 heterocycles. The average molecular weight is 295 g/mol. The van der Waals surface area contributed by atoms with Crippen LogP contribution < -0.4 is 0 Å². The molecule has 0 radical (unpaired) electrons. The van der Waals surface area contributed by atoms with Gasteiger partial charge in [0.05, 0.1) is 17.2 Å². The monoisotopic (exact) mass is 295 g/mol. The van der Waals surface area contributed by atoms with E-state index in [-0.39, 0.29) is 0 Å². The number of carbonyl (C=O) groups excluding carboxylic acids is 2. The molecule has 0 atom stereocenters. The summed E-state index contributed by atoms with van der Waals surface area (Å²) >= 11 is 0. The van der Waals surface area contributed by atoms with E-state index in [0.717, 1.165) is 0 Å². The number of hydrogen-bond donors (Lipinski definition) is 0. The van der Waals surface area contributed by atoms with Crippen LogP contribution in [0, 0.1) is 11.3 Å². The van der Waals surface area contributed by atoms with Gasteiger partial charge in [-0.25, -0.2) is 19.4 Å². The fourth-order valence-electron chi connectivity index (χ4n) is 1.32.